The number of aromatic nitrogens is 1. The number of ether oxygens (including phenoxy) is 1. The number of nitrogens with zero attached hydrogens (tertiary/aromatic N) is 2. The van der Waals surface area contributed by atoms with Crippen LogP contribution in [0.25, 0.3) is 0 Å². The second-order valence-corrected chi connectivity index (χ2v) is 3.62. The molecular weight excluding hydrogens is 249 g/mol. The summed E-state index contributed by atoms with van der Waals surface area (Å²) < 4.78 is 18.8. The van der Waals surface area contributed by atoms with Crippen LogP contribution in [0.1, 0.15) is 5.56 Å². The molecule has 98 valence electrons. The van der Waals surface area contributed by atoms with E-state index < -0.39 is 5.82 Å². The minimum atomic E-state index is -0.547. The average Bonchev–Trinajstić information content (AvgIpc) is 2.46. The van der Waals surface area contributed by atoms with Crippen molar-refractivity contribution in [3.63, 3.8) is 0 Å². The second-order valence-electron chi connectivity index (χ2n) is 3.62. The molecule has 0 atom stereocenters. The van der Waals surface area contributed by atoms with Gasteiger partial charge in [0.2, 0.25) is 0 Å². The summed E-state index contributed by atoms with van der Waals surface area (Å²) in [7, 11) is 1.45. The molecule has 0 aliphatic heterocycles. The third kappa shape index (κ3) is 3.05. The van der Waals surface area contributed by atoms with Gasteiger partial charge in [-0.2, -0.15) is 0 Å². The summed E-state index contributed by atoms with van der Waals surface area (Å²) in [6.07, 6.45) is 3.11. The van der Waals surface area contributed by atoms with Crippen molar-refractivity contribution in [1.82, 2.24) is 10.5 Å². The Morgan fingerprint density at radius 2 is 2.05 bits per heavy atom. The fraction of sp³-hybridized carbons (Fsp3) is 0.0769. The summed E-state index contributed by atoms with van der Waals surface area (Å²) in [4.78, 5) is 7.95. The Morgan fingerprint density at radius 3 is 2.63 bits per heavy atom. The molecule has 5 nitrogen and oxygen atoms in total. The van der Waals surface area contributed by atoms with Crippen molar-refractivity contribution in [3.8, 4) is 5.75 Å². The van der Waals surface area contributed by atoms with Crippen molar-refractivity contribution in [3.05, 3.63) is 54.1 Å². The minimum absolute atomic E-state index is 0.00588. The Bertz CT molecular complexity index is 588. The number of benzene rings is 1. The van der Waals surface area contributed by atoms with Crippen LogP contribution in [0.4, 0.5) is 10.1 Å². The van der Waals surface area contributed by atoms with E-state index in [1.54, 1.807) is 30.6 Å². The number of hydroxylamine groups is 1. The number of rotatable bonds is 3. The van der Waals surface area contributed by atoms with Gasteiger partial charge in [0, 0.05) is 18.5 Å². The van der Waals surface area contributed by atoms with Gasteiger partial charge < -0.3 is 4.74 Å². The van der Waals surface area contributed by atoms with Crippen LogP contribution >= 0.6 is 0 Å². The molecule has 6 heteroatoms. The van der Waals surface area contributed by atoms with Crippen LogP contribution in [0.15, 0.2) is 47.7 Å². The molecule has 0 aliphatic rings. The molecular formula is C13H12FN3O2. The second kappa shape index (κ2) is 5.92. The Kier molecular flexibility index (Phi) is 4.04. The highest BCUT2D eigenvalue weighted by Crippen LogP contribution is 2.18. The number of methoxy groups -OCH3 is 1. The van der Waals surface area contributed by atoms with Crippen molar-refractivity contribution >= 4 is 11.5 Å². The normalized spacial score (nSPS) is 11.2. The van der Waals surface area contributed by atoms with Crippen LogP contribution < -0.4 is 10.2 Å². The molecule has 0 unspecified atom stereocenters. The van der Waals surface area contributed by atoms with Gasteiger partial charge in [-0.3, -0.25) is 15.7 Å². The highest BCUT2D eigenvalue weighted by Gasteiger charge is 2.10. The first kappa shape index (κ1) is 13.0. The van der Waals surface area contributed by atoms with Gasteiger partial charge in [0.1, 0.15) is 11.6 Å². The topological polar surface area (TPSA) is 66.7 Å². The largest absolute Gasteiger partial charge is 0.497 e. The van der Waals surface area contributed by atoms with Gasteiger partial charge in [-0.15, -0.1) is 0 Å². The Labute approximate surface area is 109 Å². The van der Waals surface area contributed by atoms with Crippen molar-refractivity contribution < 1.29 is 14.3 Å². The van der Waals surface area contributed by atoms with E-state index >= 15 is 0 Å². The monoisotopic (exact) mass is 261 g/mol. The lowest BCUT2D eigenvalue weighted by atomic mass is 10.2. The number of nitrogens with one attached hydrogen (secondary N) is 1. The third-order valence-electron chi connectivity index (χ3n) is 2.44. The maximum absolute atomic E-state index is 13.9. The SMILES string of the molecule is COc1ccc(C(=Nc2ccncc2)NO)c(F)c1. The van der Waals surface area contributed by atoms with E-state index in [-0.39, 0.29) is 11.4 Å². The Morgan fingerprint density at radius 1 is 1.32 bits per heavy atom. The summed E-state index contributed by atoms with van der Waals surface area (Å²) in [5.74, 6) is -0.150. The number of pyridine rings is 1. The highest BCUT2D eigenvalue weighted by atomic mass is 19.1. The number of hydrogen-bond acceptors (Lipinski definition) is 4. The summed E-state index contributed by atoms with van der Waals surface area (Å²) in [6, 6.07) is 7.54. The molecule has 2 aromatic rings. The molecule has 0 saturated carbocycles. The number of halogens is 1. The van der Waals surface area contributed by atoms with E-state index in [0.29, 0.717) is 11.4 Å². The smallest absolute Gasteiger partial charge is 0.160 e. The van der Waals surface area contributed by atoms with Crippen LogP contribution in [0.3, 0.4) is 0 Å². The Hall–Kier alpha value is -2.47. The third-order valence-corrected chi connectivity index (χ3v) is 2.44. The first-order valence-electron chi connectivity index (χ1n) is 5.47. The van der Waals surface area contributed by atoms with Gasteiger partial charge in [-0.05, 0) is 24.3 Å². The van der Waals surface area contributed by atoms with E-state index in [1.165, 1.54) is 19.2 Å². The van der Waals surface area contributed by atoms with E-state index in [1.807, 2.05) is 5.48 Å². The molecule has 1 aromatic carbocycles. The number of aliphatic imine (C=N–C) groups is 1. The van der Waals surface area contributed by atoms with Crippen molar-refractivity contribution in [2.24, 2.45) is 4.99 Å². The summed E-state index contributed by atoms with van der Waals surface area (Å²) in [5, 5.41) is 9.10. The van der Waals surface area contributed by atoms with Crippen LogP contribution in [-0.4, -0.2) is 23.1 Å². The van der Waals surface area contributed by atoms with E-state index in [0.717, 1.165) is 0 Å². The van der Waals surface area contributed by atoms with Crippen LogP contribution in [0.2, 0.25) is 0 Å². The molecule has 0 spiro atoms. The van der Waals surface area contributed by atoms with Crippen LogP contribution in [0, 0.1) is 5.82 Å². The molecule has 1 heterocycles. The van der Waals surface area contributed by atoms with Crippen LogP contribution in [-0.2, 0) is 0 Å². The van der Waals surface area contributed by atoms with E-state index in [9.17, 15) is 4.39 Å². The highest BCUT2D eigenvalue weighted by molar-refractivity contribution is 5.99. The predicted molar refractivity (Wildman–Crippen MR) is 68.3 cm³/mol. The van der Waals surface area contributed by atoms with E-state index in [4.69, 9.17) is 9.94 Å². The van der Waals surface area contributed by atoms with Crippen molar-refractivity contribution in [2.75, 3.05) is 7.11 Å². The predicted octanol–water partition coefficient (Wildman–Crippen LogP) is 2.29. The first-order valence-corrected chi connectivity index (χ1v) is 5.47. The fourth-order valence-electron chi connectivity index (χ4n) is 1.51. The molecule has 0 saturated heterocycles. The molecule has 0 fully saturated rings. The van der Waals surface area contributed by atoms with Crippen molar-refractivity contribution in [1.29, 1.82) is 0 Å². The first-order chi connectivity index (χ1) is 9.24. The number of hydrogen-bond donors (Lipinski definition) is 2. The molecule has 2 N–H and O–H groups in total. The molecule has 19 heavy (non-hydrogen) atoms. The maximum atomic E-state index is 13.9. The van der Waals surface area contributed by atoms with E-state index in [2.05, 4.69) is 9.98 Å². The fourth-order valence-corrected chi connectivity index (χ4v) is 1.51. The summed E-state index contributed by atoms with van der Waals surface area (Å²) >= 11 is 0. The number of amidine groups is 1. The lowest BCUT2D eigenvalue weighted by Gasteiger charge is -2.07. The van der Waals surface area contributed by atoms with Gasteiger partial charge in [-0.1, -0.05) is 0 Å². The lowest BCUT2D eigenvalue weighted by molar-refractivity contribution is 0.234. The van der Waals surface area contributed by atoms with Crippen molar-refractivity contribution in [2.45, 2.75) is 0 Å². The molecule has 0 radical (unpaired) electrons. The molecule has 2 rings (SSSR count). The average molecular weight is 261 g/mol. The zero-order chi connectivity index (χ0) is 13.7. The summed E-state index contributed by atoms with van der Waals surface area (Å²) in [5.41, 5.74) is 2.58. The zero-order valence-corrected chi connectivity index (χ0v) is 10.2. The molecule has 1 aromatic heterocycles. The van der Waals surface area contributed by atoms with Gasteiger partial charge in [0.25, 0.3) is 0 Å². The van der Waals surface area contributed by atoms with Gasteiger partial charge in [0.05, 0.1) is 18.4 Å². The van der Waals surface area contributed by atoms with Gasteiger partial charge >= 0.3 is 0 Å². The quantitative estimate of drug-likeness (QED) is 0.505. The van der Waals surface area contributed by atoms with Gasteiger partial charge in [-0.25, -0.2) is 9.38 Å². The minimum Gasteiger partial charge on any atom is -0.497 e. The molecule has 0 aliphatic carbocycles. The standard InChI is InChI=1S/C13H12FN3O2/c1-19-10-2-3-11(12(14)8-10)13(17-18)16-9-4-6-15-7-5-9/h2-8,18H,1H3,(H,15,16,17). The lowest BCUT2D eigenvalue weighted by Crippen LogP contribution is -2.21. The molecule has 0 bridgehead atoms. The zero-order valence-electron chi connectivity index (χ0n) is 10.2. The van der Waals surface area contributed by atoms with Crippen LogP contribution in [0.5, 0.6) is 5.75 Å². The Balaban J connectivity index is 2.40. The molecule has 0 amide bonds. The van der Waals surface area contributed by atoms with Gasteiger partial charge in [0.15, 0.2) is 5.84 Å². The summed E-state index contributed by atoms with van der Waals surface area (Å²) in [6.45, 7) is 0. The maximum Gasteiger partial charge on any atom is 0.160 e.